The van der Waals surface area contributed by atoms with Crippen molar-refractivity contribution in [3.05, 3.63) is 82.0 Å². The minimum atomic E-state index is -1.28. The number of hydrogen-bond donors (Lipinski definition) is 8. The summed E-state index contributed by atoms with van der Waals surface area (Å²) in [5.74, 6) is 11.3. The quantitative estimate of drug-likeness (QED) is 0.0617. The van der Waals surface area contributed by atoms with Crippen LogP contribution in [-0.2, 0) is 9.47 Å². The van der Waals surface area contributed by atoms with Crippen molar-refractivity contribution in [1.82, 2.24) is 48.8 Å². The monoisotopic (exact) mass is 1170 g/mol. The van der Waals surface area contributed by atoms with Gasteiger partial charge in [0, 0.05) is 61.6 Å². The number of hydrogen-bond acceptors (Lipinski definition) is 20. The number of fused-ring (bicyclic) bond motifs is 2. The maximum atomic E-state index is 12.5. The van der Waals surface area contributed by atoms with Gasteiger partial charge >= 0.3 is 12.2 Å². The number of carbonyl (C=O) groups excluding carboxylic acids is 2. The Morgan fingerprint density at radius 2 is 1.09 bits per heavy atom. The first kappa shape index (κ1) is 56.4. The molecule has 10 rings (SSSR count). The molecule has 8 atom stereocenters. The highest BCUT2D eigenvalue weighted by atomic mass is 127. The Balaban J connectivity index is 0.000000169. The van der Waals surface area contributed by atoms with Gasteiger partial charge in [0.05, 0.1) is 25.9 Å². The fourth-order valence-electron chi connectivity index (χ4n) is 9.12. The van der Waals surface area contributed by atoms with Crippen LogP contribution in [0, 0.1) is 53.7 Å². The van der Waals surface area contributed by atoms with Gasteiger partial charge in [-0.2, -0.15) is 0 Å². The van der Waals surface area contributed by atoms with Gasteiger partial charge in [0.2, 0.25) is 5.82 Å². The van der Waals surface area contributed by atoms with E-state index in [0.29, 0.717) is 69.0 Å². The molecule has 25 heteroatoms. The van der Waals surface area contributed by atoms with Crippen LogP contribution in [0.1, 0.15) is 67.9 Å². The van der Waals surface area contributed by atoms with Gasteiger partial charge in [0.15, 0.2) is 39.2 Å². The summed E-state index contributed by atoms with van der Waals surface area (Å²) in [6, 6.07) is 14.9. The van der Waals surface area contributed by atoms with Crippen molar-refractivity contribution in [1.29, 1.82) is 0 Å². The molecule has 4 aromatic heterocycles. The highest BCUT2D eigenvalue weighted by molar-refractivity contribution is 14.1. The predicted molar refractivity (Wildman–Crippen MR) is 286 cm³/mol. The summed E-state index contributed by atoms with van der Waals surface area (Å²) in [4.78, 5) is 53.1. The lowest BCUT2D eigenvalue weighted by atomic mass is 9.94. The van der Waals surface area contributed by atoms with Gasteiger partial charge < -0.3 is 70.9 Å². The van der Waals surface area contributed by atoms with Gasteiger partial charge in [-0.25, -0.2) is 39.5 Å². The summed E-state index contributed by atoms with van der Waals surface area (Å²) in [5.41, 5.74) is 15.5. The Bertz CT molecular complexity index is 3090. The van der Waals surface area contributed by atoms with E-state index in [1.165, 1.54) is 21.8 Å². The van der Waals surface area contributed by atoms with E-state index in [4.69, 9.17) is 41.9 Å². The lowest BCUT2D eigenvalue weighted by molar-refractivity contribution is -0.0511. The summed E-state index contributed by atoms with van der Waals surface area (Å²) in [6.45, 7) is 5.80. The molecular formula is C52H61IN12O12. The lowest BCUT2D eigenvalue weighted by Crippen LogP contribution is -2.40. The van der Waals surface area contributed by atoms with Gasteiger partial charge in [-0.3, -0.25) is 9.13 Å². The largest absolute Gasteiger partial charge is 0.415 e. The number of aliphatic hydroxyl groups is 6. The summed E-state index contributed by atoms with van der Waals surface area (Å²) >= 11 is 1.92. The van der Waals surface area contributed by atoms with Crippen LogP contribution in [0.15, 0.2) is 61.2 Å². The first-order valence-corrected chi connectivity index (χ1v) is 26.0. The number of piperidine rings is 2. The number of anilines is 2. The molecule has 0 aliphatic carbocycles. The minimum Gasteiger partial charge on any atom is -0.410 e. The number of aliphatic hydroxyl groups excluding tert-OH is 6. The first-order valence-electron chi connectivity index (χ1n) is 24.9. The number of carbonyl (C=O) groups is 2. The molecule has 10 N–H and O–H groups in total. The van der Waals surface area contributed by atoms with Crippen LogP contribution in [0.2, 0.25) is 0 Å². The van der Waals surface area contributed by atoms with E-state index in [-0.39, 0.29) is 29.6 Å². The number of rotatable bonds is 8. The molecule has 6 aromatic rings. The Morgan fingerprint density at radius 1 is 0.662 bits per heavy atom. The summed E-state index contributed by atoms with van der Waals surface area (Å²) < 4.78 is 25.2. The second-order valence-electron chi connectivity index (χ2n) is 19.1. The molecule has 8 heterocycles. The highest BCUT2D eigenvalue weighted by Gasteiger charge is 2.45. The zero-order chi connectivity index (χ0) is 54.9. The molecule has 0 spiro atoms. The number of nitrogens with two attached hydrogens (primary N) is 2. The molecule has 77 heavy (non-hydrogen) atoms. The number of nitrogens with zero attached hydrogens (tertiary/aromatic N) is 10. The van der Waals surface area contributed by atoms with Crippen molar-refractivity contribution in [3.63, 3.8) is 0 Å². The SMILES string of the molecule is C#CCC1CCN(C(=O)Oc2ccc(C)cc2)CC1.Cc1ccc(OC(=O)N2CCC(CC#Cc3nc(N)c4ncn([C@@H]5O[C@H](CO)[C@H](O)C5O)c4n3)CC2)cc1.Nc1nc(I)nc2c1ncn2[C@@H]1O[C@H](CO)[C@H](O)C1O. The van der Waals surface area contributed by atoms with Crippen molar-refractivity contribution in [2.24, 2.45) is 11.8 Å². The number of amides is 2. The third kappa shape index (κ3) is 13.5. The molecule has 2 unspecified atom stereocenters. The minimum absolute atomic E-state index is 0.130. The molecule has 24 nitrogen and oxygen atoms in total. The number of aromatic nitrogens is 8. The molecule has 408 valence electrons. The number of terminal acetylenes is 1. The average Bonchev–Trinajstić information content (AvgIpc) is 4.28. The topological polar surface area (TPSA) is 338 Å². The Kier molecular flexibility index (Phi) is 18.7. The molecule has 0 bridgehead atoms. The van der Waals surface area contributed by atoms with Gasteiger partial charge in [0.25, 0.3) is 0 Å². The number of halogens is 1. The molecule has 4 fully saturated rings. The molecule has 4 aliphatic heterocycles. The zero-order valence-corrected chi connectivity index (χ0v) is 44.4. The maximum Gasteiger partial charge on any atom is 0.415 e. The first-order chi connectivity index (χ1) is 37.0. The smallest absolute Gasteiger partial charge is 0.410 e. The third-order valence-corrected chi connectivity index (χ3v) is 14.1. The molecule has 2 amide bonds. The van der Waals surface area contributed by atoms with E-state index in [2.05, 4.69) is 47.7 Å². The van der Waals surface area contributed by atoms with Gasteiger partial charge in [0.1, 0.15) is 59.2 Å². The average molecular weight is 1170 g/mol. The van der Waals surface area contributed by atoms with Crippen molar-refractivity contribution in [2.45, 2.75) is 101 Å². The molecule has 4 saturated heterocycles. The van der Waals surface area contributed by atoms with Crippen molar-refractivity contribution in [3.8, 4) is 35.7 Å². The number of imidazole rings is 2. The van der Waals surface area contributed by atoms with Crippen LogP contribution < -0.4 is 20.9 Å². The second-order valence-corrected chi connectivity index (χ2v) is 20.0. The van der Waals surface area contributed by atoms with E-state index in [1.807, 2.05) is 72.8 Å². The molecule has 0 saturated carbocycles. The predicted octanol–water partition coefficient (Wildman–Crippen LogP) is 2.83. The van der Waals surface area contributed by atoms with Crippen molar-refractivity contribution < 1.29 is 59.2 Å². The van der Waals surface area contributed by atoms with Crippen LogP contribution in [0.25, 0.3) is 22.3 Å². The molecule has 0 radical (unpaired) electrons. The van der Waals surface area contributed by atoms with Crippen LogP contribution in [0.5, 0.6) is 11.5 Å². The van der Waals surface area contributed by atoms with E-state index >= 15 is 0 Å². The normalized spacial score (nSPS) is 23.5. The van der Waals surface area contributed by atoms with Crippen LogP contribution in [-0.4, -0.2) is 168 Å². The third-order valence-electron chi connectivity index (χ3n) is 13.6. The lowest BCUT2D eigenvalue weighted by Gasteiger charge is -2.30. The molecule has 4 aliphatic rings. The molecule has 2 aromatic carbocycles. The molecular weight excluding hydrogens is 1110 g/mol. The Hall–Kier alpha value is -6.79. The van der Waals surface area contributed by atoms with E-state index in [1.54, 1.807) is 21.9 Å². The summed E-state index contributed by atoms with van der Waals surface area (Å²) in [6.07, 6.45) is 3.88. The fraction of sp³-hybridized carbons (Fsp3) is 0.462. The van der Waals surface area contributed by atoms with Crippen molar-refractivity contribution >= 4 is 68.7 Å². The Labute approximate surface area is 456 Å². The van der Waals surface area contributed by atoms with Crippen LogP contribution >= 0.6 is 22.6 Å². The maximum absolute atomic E-state index is 12.5. The van der Waals surface area contributed by atoms with Gasteiger partial charge in [-0.1, -0.05) is 41.3 Å². The van der Waals surface area contributed by atoms with E-state index in [9.17, 15) is 35.1 Å². The van der Waals surface area contributed by atoms with E-state index < -0.39 is 62.3 Å². The van der Waals surface area contributed by atoms with Gasteiger partial charge in [-0.15, -0.1) is 12.3 Å². The zero-order valence-electron chi connectivity index (χ0n) is 42.2. The fourth-order valence-corrected chi connectivity index (χ4v) is 9.61. The standard InChI is InChI=1S/C26H30N6O6.C16H19NO2.C10H12IN5O4/c1-15-5-7-17(8-6-15)37-26(36)31-11-9-16(10-12-31)3-2-4-19-29-23(27)20-24(30-19)32(14-28-20)25-22(35)21(34)18(13-33)38-25;1-3-4-14-9-11-17(12-10-14)16(18)19-15-7-5-13(2)6-8-15;11-10-14-7(12)4-8(15-10)16(2-13-4)9-6(19)5(18)3(1-17)20-9/h5-8,14,16,18,21-22,25,33-35H,3,9-13H2,1H3,(H2,27,29,30);1,5-8,14H,4,9-12H2,2H3;2-3,5-6,9,17-19H,1H2,(H2,12,14,15)/t18-,21+,22?,25-;;3-,5+,6?,9-/m1.1/s1. The van der Waals surface area contributed by atoms with Gasteiger partial charge in [-0.05, 0) is 81.6 Å². The second kappa shape index (κ2) is 25.6. The van der Waals surface area contributed by atoms with E-state index in [0.717, 1.165) is 56.3 Å². The summed E-state index contributed by atoms with van der Waals surface area (Å²) in [5, 5.41) is 58.8. The van der Waals surface area contributed by atoms with Crippen LogP contribution in [0.3, 0.4) is 0 Å². The number of aryl methyl sites for hydroxylation is 2. The highest BCUT2D eigenvalue weighted by Crippen LogP contribution is 2.34. The number of nitrogen functional groups attached to an aromatic ring is 2. The number of ether oxygens (including phenoxy) is 4. The van der Waals surface area contributed by atoms with Crippen molar-refractivity contribution in [2.75, 3.05) is 50.9 Å². The summed E-state index contributed by atoms with van der Waals surface area (Å²) in [7, 11) is 0. The number of likely N-dealkylation sites (tertiary alicyclic amines) is 2. The Morgan fingerprint density at radius 3 is 1.52 bits per heavy atom. The number of benzene rings is 2. The van der Waals surface area contributed by atoms with Crippen LogP contribution in [0.4, 0.5) is 21.2 Å².